The maximum atomic E-state index is 2.73. The van der Waals surface area contributed by atoms with Crippen LogP contribution in [-0.4, -0.2) is 18.3 Å². The van der Waals surface area contributed by atoms with Gasteiger partial charge in [0.25, 0.3) is 0 Å². The fourth-order valence-corrected chi connectivity index (χ4v) is 10.5. The van der Waals surface area contributed by atoms with Crippen LogP contribution in [0.2, 0.25) is 0 Å². The fourth-order valence-electron chi connectivity index (χ4n) is 10.5. The lowest BCUT2D eigenvalue weighted by atomic mass is 9.83. The Morgan fingerprint density at radius 2 is 1.10 bits per heavy atom. The van der Waals surface area contributed by atoms with Crippen molar-refractivity contribution in [2.45, 2.75) is 150 Å². The zero-order valence-corrected chi connectivity index (χ0v) is 39.3. The van der Waals surface area contributed by atoms with Gasteiger partial charge in [0.05, 0.1) is 0 Å². The van der Waals surface area contributed by atoms with Gasteiger partial charge in [0.15, 0.2) is 0 Å². The van der Waals surface area contributed by atoms with Gasteiger partial charge in [-0.15, -0.1) is 0 Å². The Kier molecular flexibility index (Phi) is 13.8. The number of nitrogens with zero attached hydrogens (tertiary/aromatic N) is 3. The van der Waals surface area contributed by atoms with Crippen LogP contribution >= 0.6 is 0 Å². The third kappa shape index (κ3) is 8.91. The summed E-state index contributed by atoms with van der Waals surface area (Å²) in [5.74, 6) is 0.658. The summed E-state index contributed by atoms with van der Waals surface area (Å²) in [5.41, 5.74) is 17.4. The molecule has 320 valence electrons. The summed E-state index contributed by atoms with van der Waals surface area (Å²) in [5, 5.41) is 0. The minimum atomic E-state index is -0.114. The second-order valence-corrected chi connectivity index (χ2v) is 19.2. The van der Waals surface area contributed by atoms with Crippen molar-refractivity contribution in [3.8, 4) is 0 Å². The molecular formula is C58H74N3+. The van der Waals surface area contributed by atoms with Crippen molar-refractivity contribution < 1.29 is 0 Å². The summed E-state index contributed by atoms with van der Waals surface area (Å²) in [4.78, 5) is 5.42. The molecule has 0 saturated heterocycles. The molecule has 2 heterocycles. The van der Waals surface area contributed by atoms with E-state index < -0.39 is 0 Å². The Hall–Kier alpha value is -4.89. The third-order valence-corrected chi connectivity index (χ3v) is 14.2. The number of anilines is 2. The number of para-hydroxylation sites is 2. The molecule has 4 aromatic carbocycles. The van der Waals surface area contributed by atoms with Crippen molar-refractivity contribution in [3.63, 3.8) is 0 Å². The van der Waals surface area contributed by atoms with E-state index in [1.807, 2.05) is 0 Å². The summed E-state index contributed by atoms with van der Waals surface area (Å²) < 4.78 is 2.53. The molecule has 0 amide bonds. The maximum Gasteiger partial charge on any atom is 0.218 e. The molecule has 0 aromatic heterocycles. The van der Waals surface area contributed by atoms with Gasteiger partial charge in [0, 0.05) is 81.6 Å². The topological polar surface area (TPSA) is 9.49 Å². The molecule has 61 heavy (non-hydrogen) atoms. The minimum absolute atomic E-state index is 0.111. The molecular weight excluding hydrogens is 739 g/mol. The Balaban J connectivity index is 1.42. The first-order valence-corrected chi connectivity index (χ1v) is 23.8. The van der Waals surface area contributed by atoms with Gasteiger partial charge in [0.2, 0.25) is 17.1 Å². The van der Waals surface area contributed by atoms with Gasteiger partial charge in [-0.25, -0.2) is 0 Å². The van der Waals surface area contributed by atoms with Gasteiger partial charge in [-0.1, -0.05) is 171 Å². The molecule has 1 unspecified atom stereocenters. The quantitative estimate of drug-likeness (QED) is 0.111. The Labute approximate surface area is 370 Å². The van der Waals surface area contributed by atoms with E-state index >= 15 is 0 Å². The normalized spacial score (nSPS) is 20.3. The Morgan fingerprint density at radius 3 is 1.64 bits per heavy atom. The second kappa shape index (κ2) is 19.0. The zero-order valence-electron chi connectivity index (χ0n) is 39.3. The van der Waals surface area contributed by atoms with E-state index in [0.717, 1.165) is 25.8 Å². The molecule has 0 bridgehead atoms. The van der Waals surface area contributed by atoms with Crippen molar-refractivity contribution in [3.05, 3.63) is 166 Å². The average molecular weight is 813 g/mol. The van der Waals surface area contributed by atoms with Crippen molar-refractivity contribution in [2.75, 3.05) is 16.3 Å². The van der Waals surface area contributed by atoms with E-state index in [9.17, 15) is 0 Å². The second-order valence-electron chi connectivity index (χ2n) is 19.2. The van der Waals surface area contributed by atoms with Gasteiger partial charge < -0.3 is 9.80 Å². The van der Waals surface area contributed by atoms with Crippen LogP contribution in [0.1, 0.15) is 142 Å². The molecule has 1 saturated carbocycles. The van der Waals surface area contributed by atoms with E-state index in [-0.39, 0.29) is 10.8 Å². The molecule has 3 heteroatoms. The Morgan fingerprint density at radius 1 is 0.590 bits per heavy atom. The highest BCUT2D eigenvalue weighted by molar-refractivity contribution is 6.17. The summed E-state index contributed by atoms with van der Waals surface area (Å²) in [6, 6.07) is 36.8. The summed E-state index contributed by atoms with van der Waals surface area (Å²) in [6.07, 6.45) is 21.8. The largest absolute Gasteiger partial charge is 0.344 e. The van der Waals surface area contributed by atoms with Crippen molar-refractivity contribution in [1.29, 1.82) is 0 Å². The molecule has 0 radical (unpaired) electrons. The summed E-state index contributed by atoms with van der Waals surface area (Å²) in [7, 11) is 0. The monoisotopic (exact) mass is 813 g/mol. The SMILES string of the molecule is CCCCC(CC)CN1/C(=C/C=C2\CCC(=CC=C3N([C@H](CC)CCCC)c4ccc(C)cc4C3(C)C)C2=[N+](c2ccccc2)c2ccccc2)C(C)(C)c2cc(C)ccc21. The third-order valence-electron chi connectivity index (χ3n) is 14.2. The average Bonchev–Trinajstić information content (AvgIpc) is 3.82. The van der Waals surface area contributed by atoms with E-state index in [2.05, 4.69) is 205 Å². The number of hydrogen-bond donors (Lipinski definition) is 0. The summed E-state index contributed by atoms with van der Waals surface area (Å²) in [6.45, 7) is 24.7. The molecule has 4 aromatic rings. The first-order chi connectivity index (χ1) is 29.4. The molecule has 0 spiro atoms. The predicted octanol–water partition coefficient (Wildman–Crippen LogP) is 15.8. The lowest BCUT2D eigenvalue weighted by molar-refractivity contribution is 0.450. The summed E-state index contributed by atoms with van der Waals surface area (Å²) >= 11 is 0. The number of hydrogen-bond acceptors (Lipinski definition) is 2. The van der Waals surface area contributed by atoms with Crippen molar-refractivity contribution in [1.82, 2.24) is 4.58 Å². The highest BCUT2D eigenvalue weighted by atomic mass is 15.2. The number of benzene rings is 4. The minimum Gasteiger partial charge on any atom is -0.344 e. The number of fused-ring (bicyclic) bond motifs is 2. The van der Waals surface area contributed by atoms with Crippen LogP contribution in [0.25, 0.3) is 0 Å². The van der Waals surface area contributed by atoms with Crippen LogP contribution in [0.15, 0.2) is 144 Å². The van der Waals surface area contributed by atoms with Crippen LogP contribution in [0.3, 0.4) is 0 Å². The maximum absolute atomic E-state index is 2.73. The smallest absolute Gasteiger partial charge is 0.218 e. The first-order valence-electron chi connectivity index (χ1n) is 23.8. The zero-order chi connectivity index (χ0) is 43.3. The number of aryl methyl sites for hydroxylation is 2. The number of allylic oxidation sites excluding steroid dienone is 8. The van der Waals surface area contributed by atoms with Crippen LogP contribution < -0.4 is 14.4 Å². The lowest BCUT2D eigenvalue weighted by Gasteiger charge is -2.34. The molecule has 2 aliphatic heterocycles. The predicted molar refractivity (Wildman–Crippen MR) is 266 cm³/mol. The Bertz CT molecular complexity index is 2270. The first kappa shape index (κ1) is 44.2. The van der Waals surface area contributed by atoms with E-state index in [1.54, 1.807) is 0 Å². The van der Waals surface area contributed by atoms with Gasteiger partial charge in [-0.3, -0.25) is 0 Å². The molecule has 3 nitrogen and oxygen atoms in total. The molecule has 1 fully saturated rings. The van der Waals surface area contributed by atoms with Gasteiger partial charge >= 0.3 is 0 Å². The molecule has 0 N–H and O–H groups in total. The van der Waals surface area contributed by atoms with E-state index in [1.165, 1.54) is 118 Å². The van der Waals surface area contributed by atoms with Crippen LogP contribution in [0.4, 0.5) is 22.7 Å². The highest BCUT2D eigenvalue weighted by Gasteiger charge is 2.43. The van der Waals surface area contributed by atoms with Crippen molar-refractivity contribution >= 4 is 28.5 Å². The van der Waals surface area contributed by atoms with Crippen LogP contribution in [0, 0.1) is 19.8 Å². The van der Waals surface area contributed by atoms with Gasteiger partial charge in [0.1, 0.15) is 0 Å². The molecule has 3 aliphatic rings. The molecule has 1 aliphatic carbocycles. The van der Waals surface area contributed by atoms with Crippen molar-refractivity contribution in [2.24, 2.45) is 5.92 Å². The molecule has 2 atom stereocenters. The van der Waals surface area contributed by atoms with E-state index in [0.29, 0.717) is 12.0 Å². The van der Waals surface area contributed by atoms with Crippen LogP contribution in [0.5, 0.6) is 0 Å². The number of unbranched alkanes of at least 4 members (excludes halogenated alkanes) is 2. The standard InChI is InChI=1S/C58H74N3/c1-11-15-23-44(13-3)41-59-52-35-29-42(5)39-50(52)57(7,8)54(59)37-33-45-31-32-46(56(45)60(48-25-19-17-20-26-48)49-27-21-18-22-28-49)34-38-55-58(9,10)51-40-43(6)30-36-53(51)61(55)47(14-4)24-16-12-2/h17-22,25-30,33-40,44,47H,11-16,23-24,31-32,41H2,1-10H3/q+1/t44?,47-/m1/s1. The van der Waals surface area contributed by atoms with Gasteiger partial charge in [-0.2, -0.15) is 4.58 Å². The number of rotatable bonds is 15. The lowest BCUT2D eigenvalue weighted by Crippen LogP contribution is -2.35. The van der Waals surface area contributed by atoms with E-state index in [4.69, 9.17) is 0 Å². The fraction of sp³-hybridized carbons (Fsp3) is 0.431. The van der Waals surface area contributed by atoms with Crippen LogP contribution in [-0.2, 0) is 10.8 Å². The highest BCUT2D eigenvalue weighted by Crippen LogP contribution is 2.51. The molecule has 7 rings (SSSR count). The van der Waals surface area contributed by atoms with Gasteiger partial charge in [-0.05, 0) is 87.3 Å².